The Labute approximate surface area is 159 Å². The van der Waals surface area contributed by atoms with E-state index in [1.165, 1.54) is 24.5 Å². The number of aromatic hydroxyl groups is 1. The van der Waals surface area contributed by atoms with Crippen LogP contribution in [0.1, 0.15) is 5.56 Å². The Morgan fingerprint density at radius 1 is 1.23 bits per heavy atom. The molecule has 0 amide bonds. The number of rotatable bonds is 5. The largest absolute Gasteiger partial charge is 0.506 e. The summed E-state index contributed by atoms with van der Waals surface area (Å²) in [6.45, 7) is 0. The molecular weight excluding hydrogens is 377 g/mol. The zero-order valence-corrected chi connectivity index (χ0v) is 15.0. The van der Waals surface area contributed by atoms with Crippen LogP contribution in [-0.4, -0.2) is 33.6 Å². The van der Waals surface area contributed by atoms with E-state index in [1.807, 2.05) is 24.3 Å². The van der Waals surface area contributed by atoms with Gasteiger partial charge in [-0.3, -0.25) is 0 Å². The predicted molar refractivity (Wildman–Crippen MR) is 101 cm³/mol. The first-order valence-corrected chi connectivity index (χ1v) is 8.14. The fourth-order valence-electron chi connectivity index (χ4n) is 2.18. The number of benzene rings is 2. The maximum atomic E-state index is 9.90. The first kappa shape index (κ1) is 17.9. The Morgan fingerprint density at radius 2 is 2.04 bits per heavy atom. The lowest BCUT2D eigenvalue weighted by atomic mass is 10.1. The van der Waals surface area contributed by atoms with Gasteiger partial charge in [0.1, 0.15) is 11.5 Å². The number of phenols is 1. The van der Waals surface area contributed by atoms with E-state index in [9.17, 15) is 5.11 Å². The average Bonchev–Trinajstić information content (AvgIpc) is 2.65. The first-order chi connectivity index (χ1) is 12.6. The fourth-order valence-corrected chi connectivity index (χ4v) is 2.69. The van der Waals surface area contributed by atoms with Crippen molar-refractivity contribution in [2.24, 2.45) is 5.10 Å². The maximum absolute atomic E-state index is 9.90. The molecule has 0 aliphatic rings. The molecule has 2 N–H and O–H groups in total. The number of ether oxygens (including phenoxy) is 1. The number of anilines is 1. The van der Waals surface area contributed by atoms with Crippen LogP contribution in [0.5, 0.6) is 11.5 Å². The smallest absolute Gasteiger partial charge is 0.263 e. The SMILES string of the molecule is COc1ccccc1-c1cnnc(N/N=C\c2cc(Cl)cc(Cl)c2O)n1. The molecule has 0 saturated carbocycles. The number of hydrogen-bond acceptors (Lipinski definition) is 7. The molecule has 7 nitrogen and oxygen atoms in total. The fraction of sp³-hybridized carbons (Fsp3) is 0.0588. The Balaban J connectivity index is 1.82. The number of halogens is 2. The molecule has 9 heteroatoms. The van der Waals surface area contributed by atoms with Crippen molar-refractivity contribution in [1.29, 1.82) is 0 Å². The maximum Gasteiger partial charge on any atom is 0.263 e. The predicted octanol–water partition coefficient (Wildman–Crippen LogP) is 4.01. The molecule has 1 aromatic heterocycles. The number of nitrogens with zero attached hydrogens (tertiary/aromatic N) is 4. The van der Waals surface area contributed by atoms with E-state index in [4.69, 9.17) is 27.9 Å². The van der Waals surface area contributed by atoms with E-state index in [-0.39, 0.29) is 16.7 Å². The normalized spacial score (nSPS) is 10.9. The second kappa shape index (κ2) is 7.99. The molecule has 0 spiro atoms. The lowest BCUT2D eigenvalue weighted by Gasteiger charge is -2.07. The topological polar surface area (TPSA) is 92.5 Å². The molecule has 1 heterocycles. The summed E-state index contributed by atoms with van der Waals surface area (Å²) >= 11 is 11.8. The van der Waals surface area contributed by atoms with E-state index < -0.39 is 0 Å². The minimum absolute atomic E-state index is 0.122. The van der Waals surface area contributed by atoms with Crippen LogP contribution in [0, 0.1) is 0 Å². The molecule has 132 valence electrons. The molecule has 0 saturated heterocycles. The Morgan fingerprint density at radius 3 is 2.85 bits per heavy atom. The van der Waals surface area contributed by atoms with Gasteiger partial charge in [0.15, 0.2) is 0 Å². The monoisotopic (exact) mass is 389 g/mol. The number of hydrogen-bond donors (Lipinski definition) is 2. The van der Waals surface area contributed by atoms with E-state index in [0.717, 1.165) is 5.56 Å². The number of phenolic OH excluding ortho intramolecular Hbond substituents is 1. The number of para-hydroxylation sites is 1. The van der Waals surface area contributed by atoms with E-state index >= 15 is 0 Å². The highest BCUT2D eigenvalue weighted by atomic mass is 35.5. The number of methoxy groups -OCH3 is 1. The number of hydrazone groups is 1. The van der Waals surface area contributed by atoms with Crippen LogP contribution in [0.2, 0.25) is 10.0 Å². The zero-order valence-electron chi connectivity index (χ0n) is 13.5. The van der Waals surface area contributed by atoms with Crippen LogP contribution >= 0.6 is 23.2 Å². The summed E-state index contributed by atoms with van der Waals surface area (Å²) in [6, 6.07) is 10.4. The summed E-state index contributed by atoms with van der Waals surface area (Å²) in [5.74, 6) is 0.724. The van der Waals surface area contributed by atoms with Crippen LogP contribution in [0.3, 0.4) is 0 Å². The minimum Gasteiger partial charge on any atom is -0.506 e. The van der Waals surface area contributed by atoms with Crippen molar-refractivity contribution in [3.63, 3.8) is 0 Å². The van der Waals surface area contributed by atoms with Crippen molar-refractivity contribution in [3.05, 3.63) is 58.2 Å². The molecule has 3 rings (SSSR count). The highest BCUT2D eigenvalue weighted by molar-refractivity contribution is 6.36. The van der Waals surface area contributed by atoms with Gasteiger partial charge in [-0.15, -0.1) is 5.10 Å². The lowest BCUT2D eigenvalue weighted by molar-refractivity contribution is 0.416. The minimum atomic E-state index is -0.122. The molecule has 0 aliphatic heterocycles. The van der Waals surface area contributed by atoms with Gasteiger partial charge in [0.25, 0.3) is 5.95 Å². The Bertz CT molecular complexity index is 966. The van der Waals surface area contributed by atoms with Gasteiger partial charge in [0.05, 0.1) is 30.2 Å². The van der Waals surface area contributed by atoms with Crippen LogP contribution in [0.15, 0.2) is 47.7 Å². The Kier molecular flexibility index (Phi) is 5.50. The van der Waals surface area contributed by atoms with Crippen molar-refractivity contribution in [2.45, 2.75) is 0 Å². The van der Waals surface area contributed by atoms with Crippen LogP contribution in [0.4, 0.5) is 5.95 Å². The van der Waals surface area contributed by atoms with Crippen LogP contribution in [-0.2, 0) is 0 Å². The summed E-state index contributed by atoms with van der Waals surface area (Å²) in [5.41, 5.74) is 4.35. The molecule has 0 aliphatic carbocycles. The molecule has 3 aromatic rings. The van der Waals surface area contributed by atoms with Crippen molar-refractivity contribution in [2.75, 3.05) is 12.5 Å². The van der Waals surface area contributed by atoms with Gasteiger partial charge in [-0.1, -0.05) is 35.3 Å². The highest BCUT2D eigenvalue weighted by Crippen LogP contribution is 2.30. The molecule has 0 unspecified atom stereocenters. The summed E-state index contributed by atoms with van der Waals surface area (Å²) in [4.78, 5) is 4.35. The van der Waals surface area contributed by atoms with Crippen molar-refractivity contribution in [3.8, 4) is 22.8 Å². The average molecular weight is 390 g/mol. The van der Waals surface area contributed by atoms with Gasteiger partial charge in [-0.05, 0) is 24.3 Å². The van der Waals surface area contributed by atoms with Crippen molar-refractivity contribution >= 4 is 35.4 Å². The summed E-state index contributed by atoms with van der Waals surface area (Å²) in [7, 11) is 1.58. The standard InChI is InChI=1S/C17H13Cl2N5O2/c1-26-15-5-3-2-4-12(15)14-9-21-24-17(22-14)23-20-8-10-6-11(18)7-13(19)16(10)25/h2-9,25H,1H3,(H,22,23,24)/b20-8-. The van der Waals surface area contributed by atoms with Gasteiger partial charge in [-0.25, -0.2) is 10.4 Å². The molecule has 0 bridgehead atoms. The summed E-state index contributed by atoms with van der Waals surface area (Å²) in [5, 5.41) is 22.2. The molecule has 26 heavy (non-hydrogen) atoms. The van der Waals surface area contributed by atoms with Crippen LogP contribution < -0.4 is 10.2 Å². The first-order valence-electron chi connectivity index (χ1n) is 7.38. The third-order valence-corrected chi connectivity index (χ3v) is 3.87. The third-order valence-electron chi connectivity index (χ3n) is 3.37. The lowest BCUT2D eigenvalue weighted by Crippen LogP contribution is -2.00. The summed E-state index contributed by atoms with van der Waals surface area (Å²) < 4.78 is 5.32. The third kappa shape index (κ3) is 4.01. The quantitative estimate of drug-likeness (QED) is 0.505. The molecule has 2 aromatic carbocycles. The second-order valence-electron chi connectivity index (χ2n) is 5.06. The number of nitrogens with one attached hydrogen (secondary N) is 1. The van der Waals surface area contributed by atoms with Crippen LogP contribution in [0.25, 0.3) is 11.3 Å². The second-order valence-corrected chi connectivity index (χ2v) is 5.90. The van der Waals surface area contributed by atoms with Gasteiger partial charge in [0.2, 0.25) is 0 Å². The van der Waals surface area contributed by atoms with E-state index in [0.29, 0.717) is 22.0 Å². The van der Waals surface area contributed by atoms with Gasteiger partial charge in [0, 0.05) is 16.1 Å². The van der Waals surface area contributed by atoms with E-state index in [2.05, 4.69) is 25.7 Å². The molecule has 0 fully saturated rings. The van der Waals surface area contributed by atoms with Crippen molar-refractivity contribution in [1.82, 2.24) is 15.2 Å². The molecule has 0 atom stereocenters. The summed E-state index contributed by atoms with van der Waals surface area (Å²) in [6.07, 6.45) is 2.88. The van der Waals surface area contributed by atoms with Gasteiger partial charge in [-0.2, -0.15) is 10.2 Å². The van der Waals surface area contributed by atoms with Gasteiger partial charge >= 0.3 is 0 Å². The van der Waals surface area contributed by atoms with Gasteiger partial charge < -0.3 is 9.84 Å². The molecular formula is C17H13Cl2N5O2. The Hall–Kier alpha value is -2.90. The van der Waals surface area contributed by atoms with E-state index in [1.54, 1.807) is 7.11 Å². The number of aromatic nitrogens is 3. The molecule has 0 radical (unpaired) electrons. The zero-order chi connectivity index (χ0) is 18.5. The van der Waals surface area contributed by atoms with Crippen molar-refractivity contribution < 1.29 is 9.84 Å². The highest BCUT2D eigenvalue weighted by Gasteiger charge is 2.09.